The molecule has 4 heterocycles. The van der Waals surface area contributed by atoms with Gasteiger partial charge in [0.15, 0.2) is 5.82 Å². The van der Waals surface area contributed by atoms with Crippen molar-refractivity contribution >= 4 is 5.57 Å². The highest BCUT2D eigenvalue weighted by atomic mass is 16.5. The topological polar surface area (TPSA) is 42.2 Å². The Balaban J connectivity index is 1.68. The Bertz CT molecular complexity index is 439. The van der Waals surface area contributed by atoms with Gasteiger partial charge in [-0.2, -0.15) is 4.98 Å². The highest BCUT2D eigenvalue weighted by molar-refractivity contribution is 5.63. The fourth-order valence-electron chi connectivity index (χ4n) is 2.73. The van der Waals surface area contributed by atoms with Crippen LogP contribution in [0.3, 0.4) is 0 Å². The quantitative estimate of drug-likeness (QED) is 0.760. The van der Waals surface area contributed by atoms with Crippen LogP contribution in [0.25, 0.3) is 5.57 Å². The minimum atomic E-state index is 0.558. The Hall–Kier alpha value is -1.32. The van der Waals surface area contributed by atoms with E-state index in [0.717, 1.165) is 11.7 Å². The van der Waals surface area contributed by atoms with Gasteiger partial charge in [0.05, 0.1) is 0 Å². The van der Waals surface area contributed by atoms with Crippen molar-refractivity contribution in [2.45, 2.75) is 31.6 Å². The van der Waals surface area contributed by atoms with Crippen molar-refractivity contribution in [1.82, 2.24) is 15.0 Å². The van der Waals surface area contributed by atoms with Gasteiger partial charge in [-0.3, -0.25) is 0 Å². The van der Waals surface area contributed by atoms with E-state index in [2.05, 4.69) is 21.2 Å². The van der Waals surface area contributed by atoms with E-state index in [9.17, 15) is 0 Å². The van der Waals surface area contributed by atoms with Crippen molar-refractivity contribution in [3.63, 3.8) is 0 Å². The van der Waals surface area contributed by atoms with Crippen molar-refractivity contribution in [3.8, 4) is 0 Å². The first kappa shape index (κ1) is 8.79. The summed E-state index contributed by atoms with van der Waals surface area (Å²) in [5, 5.41) is 4.14. The van der Waals surface area contributed by atoms with Gasteiger partial charge in [-0.1, -0.05) is 5.16 Å². The molecule has 16 heavy (non-hydrogen) atoms. The normalized spacial score (nSPS) is 25.0. The summed E-state index contributed by atoms with van der Waals surface area (Å²) in [6.45, 7) is 2.39. The summed E-state index contributed by atoms with van der Waals surface area (Å²) in [6, 6.07) is 0. The average Bonchev–Trinajstić information content (AvgIpc) is 3.09. The van der Waals surface area contributed by atoms with E-state index < -0.39 is 0 Å². The minimum absolute atomic E-state index is 0.558. The SMILES string of the molecule is C1=C(c2noc(C3CC3)n2)C2CCN1CC2. The molecule has 0 amide bonds. The molecule has 84 valence electrons. The molecule has 0 spiro atoms. The van der Waals surface area contributed by atoms with E-state index in [1.807, 2.05) is 0 Å². The predicted octanol–water partition coefficient (Wildman–Crippen LogP) is 2.01. The minimum Gasteiger partial charge on any atom is -0.377 e. The molecule has 0 unspecified atom stereocenters. The smallest absolute Gasteiger partial charge is 0.230 e. The Kier molecular flexibility index (Phi) is 1.70. The van der Waals surface area contributed by atoms with Crippen molar-refractivity contribution in [1.29, 1.82) is 0 Å². The van der Waals surface area contributed by atoms with E-state index in [0.29, 0.717) is 11.8 Å². The van der Waals surface area contributed by atoms with Crippen LogP contribution in [0.2, 0.25) is 0 Å². The van der Waals surface area contributed by atoms with Gasteiger partial charge in [-0.25, -0.2) is 0 Å². The van der Waals surface area contributed by atoms with Crippen LogP contribution in [0.5, 0.6) is 0 Å². The van der Waals surface area contributed by atoms with E-state index in [4.69, 9.17) is 4.52 Å². The zero-order chi connectivity index (χ0) is 10.5. The van der Waals surface area contributed by atoms with Gasteiger partial charge in [0.25, 0.3) is 0 Å². The third-order valence-corrected chi connectivity index (χ3v) is 3.92. The molecule has 1 saturated carbocycles. The molecule has 1 aliphatic carbocycles. The fourth-order valence-corrected chi connectivity index (χ4v) is 2.73. The highest BCUT2D eigenvalue weighted by Gasteiger charge is 2.33. The maximum atomic E-state index is 5.33. The van der Waals surface area contributed by atoms with Crippen LogP contribution in [0.4, 0.5) is 0 Å². The summed E-state index contributed by atoms with van der Waals surface area (Å²) in [5.74, 6) is 2.92. The second kappa shape index (κ2) is 3.09. The lowest BCUT2D eigenvalue weighted by atomic mass is 9.85. The van der Waals surface area contributed by atoms with Crippen LogP contribution in [0.1, 0.15) is 43.3 Å². The summed E-state index contributed by atoms with van der Waals surface area (Å²) in [6.07, 6.45) is 7.17. The first-order valence-corrected chi connectivity index (χ1v) is 6.20. The molecule has 1 aromatic heterocycles. The zero-order valence-electron chi connectivity index (χ0n) is 9.22. The Labute approximate surface area is 94.3 Å². The molecule has 0 radical (unpaired) electrons. The largest absolute Gasteiger partial charge is 0.377 e. The third-order valence-electron chi connectivity index (χ3n) is 3.92. The lowest BCUT2D eigenvalue weighted by Gasteiger charge is -2.37. The number of fused-ring (bicyclic) bond motifs is 2. The molecule has 2 bridgehead atoms. The molecule has 1 aromatic rings. The van der Waals surface area contributed by atoms with Gasteiger partial charge in [-0.05, 0) is 31.6 Å². The van der Waals surface area contributed by atoms with E-state index >= 15 is 0 Å². The van der Waals surface area contributed by atoms with Gasteiger partial charge >= 0.3 is 0 Å². The van der Waals surface area contributed by atoms with E-state index in [1.54, 1.807) is 0 Å². The first-order chi connectivity index (χ1) is 7.90. The van der Waals surface area contributed by atoms with Gasteiger partial charge in [0.1, 0.15) is 0 Å². The Morgan fingerprint density at radius 1 is 1.12 bits per heavy atom. The zero-order valence-corrected chi connectivity index (χ0v) is 9.22. The lowest BCUT2D eigenvalue weighted by Crippen LogP contribution is -2.35. The monoisotopic (exact) mass is 217 g/mol. The van der Waals surface area contributed by atoms with Crippen LogP contribution in [0, 0.1) is 5.92 Å². The molecule has 0 N–H and O–H groups in total. The molecular weight excluding hydrogens is 202 g/mol. The molecular formula is C12H15N3O. The van der Waals surface area contributed by atoms with Crippen LogP contribution < -0.4 is 0 Å². The van der Waals surface area contributed by atoms with E-state index in [1.165, 1.54) is 44.3 Å². The number of allylic oxidation sites excluding steroid dienone is 1. The molecule has 4 nitrogen and oxygen atoms in total. The Morgan fingerprint density at radius 2 is 1.94 bits per heavy atom. The summed E-state index contributed by atoms with van der Waals surface area (Å²) in [5.41, 5.74) is 1.30. The number of piperidine rings is 1. The maximum absolute atomic E-state index is 5.33. The Morgan fingerprint density at radius 3 is 2.56 bits per heavy atom. The number of hydrogen-bond acceptors (Lipinski definition) is 4. The molecule has 2 fully saturated rings. The molecule has 1 saturated heterocycles. The van der Waals surface area contributed by atoms with Gasteiger partial charge < -0.3 is 9.42 Å². The third kappa shape index (κ3) is 1.29. The van der Waals surface area contributed by atoms with Crippen LogP contribution in [-0.2, 0) is 0 Å². The molecule has 5 rings (SSSR count). The molecule has 4 heteroatoms. The van der Waals surface area contributed by atoms with Gasteiger partial charge in [-0.15, -0.1) is 0 Å². The maximum Gasteiger partial charge on any atom is 0.230 e. The van der Waals surface area contributed by atoms with Gasteiger partial charge in [0, 0.05) is 30.8 Å². The first-order valence-electron chi connectivity index (χ1n) is 6.20. The highest BCUT2D eigenvalue weighted by Crippen LogP contribution is 2.41. The summed E-state index contributed by atoms with van der Waals surface area (Å²) in [7, 11) is 0. The van der Waals surface area contributed by atoms with Crippen LogP contribution >= 0.6 is 0 Å². The number of hydrogen-bond donors (Lipinski definition) is 0. The average molecular weight is 217 g/mol. The lowest BCUT2D eigenvalue weighted by molar-refractivity contribution is 0.251. The van der Waals surface area contributed by atoms with Crippen molar-refractivity contribution in [3.05, 3.63) is 17.9 Å². The van der Waals surface area contributed by atoms with E-state index in [-0.39, 0.29) is 0 Å². The summed E-state index contributed by atoms with van der Waals surface area (Å²) < 4.78 is 5.33. The van der Waals surface area contributed by atoms with Crippen LogP contribution in [0.15, 0.2) is 10.7 Å². The number of nitrogens with zero attached hydrogens (tertiary/aromatic N) is 3. The molecule has 4 aliphatic rings. The molecule has 3 aliphatic heterocycles. The summed E-state index contributed by atoms with van der Waals surface area (Å²) >= 11 is 0. The fraction of sp³-hybridized carbons (Fsp3) is 0.667. The van der Waals surface area contributed by atoms with Crippen LogP contribution in [-0.4, -0.2) is 28.1 Å². The molecule has 0 atom stereocenters. The van der Waals surface area contributed by atoms with Crippen molar-refractivity contribution in [2.24, 2.45) is 5.92 Å². The predicted molar refractivity (Wildman–Crippen MR) is 58.5 cm³/mol. The molecule has 0 aromatic carbocycles. The number of rotatable bonds is 2. The second-order valence-corrected chi connectivity index (χ2v) is 5.13. The number of aromatic nitrogens is 2. The second-order valence-electron chi connectivity index (χ2n) is 5.13. The summed E-state index contributed by atoms with van der Waals surface area (Å²) in [4.78, 5) is 6.92. The van der Waals surface area contributed by atoms with Crippen molar-refractivity contribution < 1.29 is 4.52 Å². The van der Waals surface area contributed by atoms with Crippen molar-refractivity contribution in [2.75, 3.05) is 13.1 Å². The van der Waals surface area contributed by atoms with Gasteiger partial charge in [0.2, 0.25) is 5.89 Å². The standard InChI is InChI=1S/C12H15N3O/c1-2-9(1)12-13-11(14-16-12)10-7-15-5-3-8(10)4-6-15/h7-9H,1-6H2.